The number of thiazole rings is 1. The Morgan fingerprint density at radius 1 is 0.667 bits per heavy atom. The largest absolute Gasteiger partial charge is 0.280 e. The molecule has 0 spiro atoms. The van der Waals surface area contributed by atoms with Crippen LogP contribution in [0.4, 0.5) is 11.4 Å². The van der Waals surface area contributed by atoms with Gasteiger partial charge >= 0.3 is 0 Å². The highest BCUT2D eigenvalue weighted by Crippen LogP contribution is 2.40. The van der Waals surface area contributed by atoms with Crippen LogP contribution in [0.3, 0.4) is 0 Å². The van der Waals surface area contributed by atoms with E-state index >= 15 is 0 Å². The van der Waals surface area contributed by atoms with Crippen molar-refractivity contribution in [2.75, 3.05) is 9.44 Å². The van der Waals surface area contributed by atoms with Crippen LogP contribution in [0.1, 0.15) is 0 Å². The maximum Gasteiger partial charge on any atom is 0.261 e. The summed E-state index contributed by atoms with van der Waals surface area (Å²) in [6.45, 7) is 0. The summed E-state index contributed by atoms with van der Waals surface area (Å²) in [5.41, 5.74) is 1.44. The molecule has 0 aliphatic rings. The Labute approximate surface area is 217 Å². The zero-order valence-electron chi connectivity index (χ0n) is 18.5. The van der Waals surface area contributed by atoms with Gasteiger partial charge in [0.05, 0.1) is 31.4 Å². The minimum absolute atomic E-state index is 0.120. The molecule has 1 aromatic heterocycles. The number of hydrogen-bond acceptors (Lipinski definition) is 7. The Balaban J connectivity index is 1.52. The summed E-state index contributed by atoms with van der Waals surface area (Å²) in [7, 11) is -7.69. The molecule has 11 heteroatoms. The van der Waals surface area contributed by atoms with Crippen LogP contribution < -0.4 is 9.44 Å². The van der Waals surface area contributed by atoms with Gasteiger partial charge in [-0.2, -0.15) is 0 Å². The number of aromatic nitrogens is 1. The summed E-state index contributed by atoms with van der Waals surface area (Å²) < 4.78 is 58.6. The molecule has 7 nitrogen and oxygen atoms in total. The van der Waals surface area contributed by atoms with Crippen LogP contribution >= 0.6 is 23.1 Å². The van der Waals surface area contributed by atoms with Gasteiger partial charge in [-0.25, -0.2) is 21.8 Å². The van der Waals surface area contributed by atoms with Crippen molar-refractivity contribution in [3.63, 3.8) is 0 Å². The fourth-order valence-corrected chi connectivity index (χ4v) is 7.75. The van der Waals surface area contributed by atoms with Crippen molar-refractivity contribution in [3.8, 4) is 0 Å². The number of nitrogens with one attached hydrogen (secondary N) is 2. The van der Waals surface area contributed by atoms with Crippen molar-refractivity contribution in [1.82, 2.24) is 4.98 Å². The van der Waals surface area contributed by atoms with Gasteiger partial charge in [0.25, 0.3) is 20.0 Å². The van der Waals surface area contributed by atoms with E-state index in [1.165, 1.54) is 53.4 Å². The van der Waals surface area contributed by atoms with Crippen LogP contribution in [0.5, 0.6) is 0 Å². The maximum absolute atomic E-state index is 13.0. The number of anilines is 2. The minimum Gasteiger partial charge on any atom is -0.280 e. The number of sulfonamides is 2. The number of hydrogen-bond donors (Lipinski definition) is 2. The van der Waals surface area contributed by atoms with Crippen LogP contribution in [0.25, 0.3) is 10.2 Å². The maximum atomic E-state index is 13.0. The van der Waals surface area contributed by atoms with Crippen molar-refractivity contribution in [2.45, 2.75) is 19.0 Å². The first kappa shape index (κ1) is 24.3. The molecular formula is C25H19N3O4S4. The lowest BCUT2D eigenvalue weighted by Gasteiger charge is -2.14. The number of para-hydroxylation sites is 1. The highest BCUT2D eigenvalue weighted by molar-refractivity contribution is 8.01. The van der Waals surface area contributed by atoms with Crippen LogP contribution in [0.2, 0.25) is 0 Å². The standard InChI is InChI=1S/C25H19N3O4S4/c29-35(30,19-9-3-1-4-10-19)27-18-15-16-22(28-36(31,32)20-11-5-2-6-12-20)24(17-18)34-25-26-21-13-7-8-14-23(21)33-25/h1-17,27-28H. The summed E-state index contributed by atoms with van der Waals surface area (Å²) in [5.74, 6) is 0. The zero-order chi connectivity index (χ0) is 25.2. The quantitative estimate of drug-likeness (QED) is 0.242. The molecule has 0 aliphatic heterocycles. The van der Waals surface area contributed by atoms with Gasteiger partial charge in [0.2, 0.25) is 0 Å². The van der Waals surface area contributed by atoms with Crippen LogP contribution in [0.15, 0.2) is 122 Å². The Hall–Kier alpha value is -3.38. The zero-order valence-corrected chi connectivity index (χ0v) is 21.8. The molecule has 0 atom stereocenters. The second-order valence-corrected chi connectivity index (χ2v) is 13.3. The predicted octanol–water partition coefficient (Wildman–Crippen LogP) is 6.05. The van der Waals surface area contributed by atoms with Crippen molar-refractivity contribution in [1.29, 1.82) is 0 Å². The van der Waals surface area contributed by atoms with Gasteiger partial charge in [-0.1, -0.05) is 60.3 Å². The molecule has 0 aliphatic carbocycles. The molecule has 4 aromatic carbocycles. The molecule has 2 N–H and O–H groups in total. The third kappa shape index (κ3) is 5.39. The van der Waals surface area contributed by atoms with E-state index in [1.54, 1.807) is 48.5 Å². The number of benzene rings is 4. The number of rotatable bonds is 8. The number of fused-ring (bicyclic) bond motifs is 1. The lowest BCUT2D eigenvalue weighted by molar-refractivity contribution is 0.599. The molecule has 0 fully saturated rings. The van der Waals surface area contributed by atoms with E-state index in [9.17, 15) is 16.8 Å². The van der Waals surface area contributed by atoms with E-state index in [2.05, 4.69) is 14.4 Å². The third-order valence-electron chi connectivity index (χ3n) is 5.06. The van der Waals surface area contributed by atoms with Gasteiger partial charge in [-0.3, -0.25) is 9.44 Å². The molecule has 36 heavy (non-hydrogen) atoms. The van der Waals surface area contributed by atoms with E-state index in [0.29, 0.717) is 20.6 Å². The van der Waals surface area contributed by atoms with Gasteiger partial charge in [0.15, 0.2) is 4.34 Å². The van der Waals surface area contributed by atoms with Crippen molar-refractivity contribution < 1.29 is 16.8 Å². The average Bonchev–Trinajstić information content (AvgIpc) is 3.29. The molecule has 0 amide bonds. The first-order chi connectivity index (χ1) is 17.3. The first-order valence-electron chi connectivity index (χ1n) is 10.6. The molecule has 0 saturated carbocycles. The Morgan fingerprint density at radius 3 is 1.89 bits per heavy atom. The van der Waals surface area contributed by atoms with E-state index < -0.39 is 20.0 Å². The van der Waals surface area contributed by atoms with E-state index in [1.807, 2.05) is 24.3 Å². The van der Waals surface area contributed by atoms with E-state index in [-0.39, 0.29) is 9.79 Å². The summed E-state index contributed by atoms with van der Waals surface area (Å²) in [5, 5.41) is 0. The van der Waals surface area contributed by atoms with Gasteiger partial charge in [-0.05, 0) is 54.6 Å². The predicted molar refractivity (Wildman–Crippen MR) is 145 cm³/mol. The molecule has 1 heterocycles. The van der Waals surface area contributed by atoms with E-state index in [0.717, 1.165) is 10.2 Å². The fraction of sp³-hybridized carbons (Fsp3) is 0. The molecular weight excluding hydrogens is 535 g/mol. The minimum atomic E-state index is -3.86. The van der Waals surface area contributed by atoms with Crippen LogP contribution in [0, 0.1) is 0 Å². The average molecular weight is 554 g/mol. The molecule has 0 unspecified atom stereocenters. The topological polar surface area (TPSA) is 105 Å². The summed E-state index contributed by atoms with van der Waals surface area (Å²) in [6.07, 6.45) is 0. The number of nitrogens with zero attached hydrogens (tertiary/aromatic N) is 1. The van der Waals surface area contributed by atoms with Gasteiger partial charge in [0.1, 0.15) is 0 Å². The van der Waals surface area contributed by atoms with Crippen molar-refractivity contribution in [2.24, 2.45) is 0 Å². The van der Waals surface area contributed by atoms with Gasteiger partial charge in [-0.15, -0.1) is 11.3 Å². The van der Waals surface area contributed by atoms with Crippen molar-refractivity contribution in [3.05, 3.63) is 103 Å². The lowest BCUT2D eigenvalue weighted by atomic mass is 10.3. The molecule has 0 saturated heterocycles. The molecule has 0 bridgehead atoms. The molecule has 0 radical (unpaired) electrons. The molecule has 182 valence electrons. The first-order valence-corrected chi connectivity index (χ1v) is 15.2. The Kier molecular flexibility index (Phi) is 6.71. The SMILES string of the molecule is O=S(=O)(Nc1ccc(NS(=O)(=O)c2ccccc2)c(Sc2nc3ccccc3s2)c1)c1ccccc1. The smallest absolute Gasteiger partial charge is 0.261 e. The van der Waals surface area contributed by atoms with Crippen LogP contribution in [-0.2, 0) is 20.0 Å². The van der Waals surface area contributed by atoms with E-state index in [4.69, 9.17) is 0 Å². The Bertz CT molecular complexity index is 1710. The summed E-state index contributed by atoms with van der Waals surface area (Å²) in [6, 6.07) is 28.4. The fourth-order valence-electron chi connectivity index (χ4n) is 3.36. The summed E-state index contributed by atoms with van der Waals surface area (Å²) >= 11 is 2.72. The highest BCUT2D eigenvalue weighted by Gasteiger charge is 2.19. The second kappa shape index (κ2) is 9.94. The van der Waals surface area contributed by atoms with Crippen LogP contribution in [-0.4, -0.2) is 21.8 Å². The highest BCUT2D eigenvalue weighted by atomic mass is 32.2. The third-order valence-corrected chi connectivity index (χ3v) is 9.99. The van der Waals surface area contributed by atoms with Crippen molar-refractivity contribution >= 4 is 64.7 Å². The molecule has 5 rings (SSSR count). The molecule has 5 aromatic rings. The van der Waals surface area contributed by atoms with Gasteiger partial charge in [0, 0.05) is 4.90 Å². The monoisotopic (exact) mass is 553 g/mol. The Morgan fingerprint density at radius 2 is 1.25 bits per heavy atom. The second-order valence-electron chi connectivity index (χ2n) is 7.60. The normalized spacial score (nSPS) is 11.9. The lowest BCUT2D eigenvalue weighted by Crippen LogP contribution is -2.15. The van der Waals surface area contributed by atoms with Gasteiger partial charge < -0.3 is 0 Å². The summed E-state index contributed by atoms with van der Waals surface area (Å²) in [4.78, 5) is 5.37.